The Bertz CT molecular complexity index is 299. The maximum Gasteiger partial charge on any atom is 0.225 e. The van der Waals surface area contributed by atoms with E-state index in [2.05, 4.69) is 5.32 Å². The molecule has 2 N–H and O–H groups in total. The van der Waals surface area contributed by atoms with E-state index >= 15 is 0 Å². The Labute approximate surface area is 88.4 Å². The van der Waals surface area contributed by atoms with Crippen molar-refractivity contribution in [1.82, 2.24) is 10.2 Å². The lowest BCUT2D eigenvalue weighted by Gasteiger charge is -2.17. The standard InChI is InChI=1S/C10H16N2O3/c1-12-5-7(4-8(12)14)9(15)11-10(6-13)2-3-10/h7,13H,2-6H2,1H3,(H,11,15). The van der Waals surface area contributed by atoms with Gasteiger partial charge < -0.3 is 15.3 Å². The molecule has 1 unspecified atom stereocenters. The number of aliphatic hydroxyl groups is 1. The van der Waals surface area contributed by atoms with Crippen LogP contribution >= 0.6 is 0 Å². The van der Waals surface area contributed by atoms with Gasteiger partial charge in [-0.3, -0.25) is 9.59 Å². The Kier molecular flexibility index (Phi) is 2.42. The van der Waals surface area contributed by atoms with Crippen molar-refractivity contribution in [2.45, 2.75) is 24.8 Å². The molecule has 5 nitrogen and oxygen atoms in total. The van der Waals surface area contributed by atoms with E-state index in [1.165, 1.54) is 0 Å². The molecule has 0 bridgehead atoms. The number of carbonyl (C=O) groups is 2. The third-order valence-corrected chi connectivity index (χ3v) is 3.26. The van der Waals surface area contributed by atoms with Crippen LogP contribution in [0.5, 0.6) is 0 Å². The van der Waals surface area contributed by atoms with E-state index in [1.807, 2.05) is 0 Å². The fourth-order valence-corrected chi connectivity index (χ4v) is 1.88. The van der Waals surface area contributed by atoms with Gasteiger partial charge in [-0.1, -0.05) is 0 Å². The predicted octanol–water partition coefficient (Wildman–Crippen LogP) is -0.894. The summed E-state index contributed by atoms with van der Waals surface area (Å²) in [5.41, 5.74) is -0.374. The number of likely N-dealkylation sites (tertiary alicyclic amines) is 1. The van der Waals surface area contributed by atoms with E-state index < -0.39 is 0 Å². The molecule has 2 fully saturated rings. The average Bonchev–Trinajstić information content (AvgIpc) is 2.89. The molecule has 0 radical (unpaired) electrons. The van der Waals surface area contributed by atoms with Crippen LogP contribution in [0.2, 0.25) is 0 Å². The summed E-state index contributed by atoms with van der Waals surface area (Å²) >= 11 is 0. The summed E-state index contributed by atoms with van der Waals surface area (Å²) in [5.74, 6) is -0.324. The van der Waals surface area contributed by atoms with Gasteiger partial charge in [-0.25, -0.2) is 0 Å². The summed E-state index contributed by atoms with van der Waals surface area (Å²) < 4.78 is 0. The highest BCUT2D eigenvalue weighted by molar-refractivity contribution is 5.89. The molecule has 0 aromatic heterocycles. The lowest BCUT2D eigenvalue weighted by atomic mass is 10.1. The van der Waals surface area contributed by atoms with Crippen molar-refractivity contribution in [2.75, 3.05) is 20.2 Å². The van der Waals surface area contributed by atoms with Gasteiger partial charge in [0.25, 0.3) is 0 Å². The molecule has 0 aromatic rings. The summed E-state index contributed by atoms with van der Waals surface area (Å²) in [6.07, 6.45) is 1.97. The van der Waals surface area contributed by atoms with E-state index in [-0.39, 0.29) is 29.9 Å². The van der Waals surface area contributed by atoms with Crippen molar-refractivity contribution in [3.05, 3.63) is 0 Å². The third-order valence-electron chi connectivity index (χ3n) is 3.26. The molecule has 2 amide bonds. The van der Waals surface area contributed by atoms with Gasteiger partial charge in [0.15, 0.2) is 0 Å². The minimum Gasteiger partial charge on any atom is -0.394 e. The van der Waals surface area contributed by atoms with Crippen molar-refractivity contribution < 1.29 is 14.7 Å². The summed E-state index contributed by atoms with van der Waals surface area (Å²) in [4.78, 5) is 24.6. The van der Waals surface area contributed by atoms with Crippen LogP contribution in [0.3, 0.4) is 0 Å². The predicted molar refractivity (Wildman–Crippen MR) is 52.9 cm³/mol. The Morgan fingerprint density at radius 2 is 2.33 bits per heavy atom. The number of nitrogens with zero attached hydrogens (tertiary/aromatic N) is 1. The van der Waals surface area contributed by atoms with Crippen molar-refractivity contribution in [2.24, 2.45) is 5.92 Å². The lowest BCUT2D eigenvalue weighted by Crippen LogP contribution is -2.43. The third kappa shape index (κ3) is 1.97. The normalized spacial score (nSPS) is 28.0. The summed E-state index contributed by atoms with van der Waals surface area (Å²) in [7, 11) is 1.70. The second kappa shape index (κ2) is 3.48. The zero-order valence-corrected chi connectivity index (χ0v) is 8.82. The molecule has 1 heterocycles. The molecule has 15 heavy (non-hydrogen) atoms. The Morgan fingerprint density at radius 1 is 1.67 bits per heavy atom. The second-order valence-corrected chi connectivity index (χ2v) is 4.60. The number of hydrogen-bond donors (Lipinski definition) is 2. The molecule has 2 aliphatic rings. The van der Waals surface area contributed by atoms with Gasteiger partial charge in [0.2, 0.25) is 11.8 Å². The van der Waals surface area contributed by atoms with Crippen molar-refractivity contribution in [1.29, 1.82) is 0 Å². The van der Waals surface area contributed by atoms with Crippen LogP contribution in [0.25, 0.3) is 0 Å². The van der Waals surface area contributed by atoms with Gasteiger partial charge in [0.05, 0.1) is 18.1 Å². The number of amides is 2. The number of rotatable bonds is 3. The monoisotopic (exact) mass is 212 g/mol. The van der Waals surface area contributed by atoms with Crippen molar-refractivity contribution in [3.8, 4) is 0 Å². The largest absolute Gasteiger partial charge is 0.394 e. The molecule has 1 aliphatic heterocycles. The van der Waals surface area contributed by atoms with Gasteiger partial charge >= 0.3 is 0 Å². The number of nitrogens with one attached hydrogen (secondary N) is 1. The van der Waals surface area contributed by atoms with Gasteiger partial charge in [-0.2, -0.15) is 0 Å². The highest BCUT2D eigenvalue weighted by Crippen LogP contribution is 2.35. The van der Waals surface area contributed by atoms with Crippen LogP contribution in [0, 0.1) is 5.92 Å². The molecule has 1 saturated carbocycles. The zero-order valence-electron chi connectivity index (χ0n) is 8.82. The highest BCUT2D eigenvalue weighted by Gasteiger charge is 2.45. The van der Waals surface area contributed by atoms with E-state index in [1.54, 1.807) is 11.9 Å². The minimum absolute atomic E-state index is 0.00472. The summed E-state index contributed by atoms with van der Waals surface area (Å²) in [6.45, 7) is 0.488. The smallest absolute Gasteiger partial charge is 0.225 e. The first-order valence-corrected chi connectivity index (χ1v) is 5.23. The quantitative estimate of drug-likeness (QED) is 0.637. The molecule has 1 aliphatic carbocycles. The molecule has 2 rings (SSSR count). The lowest BCUT2D eigenvalue weighted by molar-refractivity contribution is -0.128. The van der Waals surface area contributed by atoms with Crippen LogP contribution in [0.15, 0.2) is 0 Å². The van der Waals surface area contributed by atoms with E-state index in [0.717, 1.165) is 12.8 Å². The van der Waals surface area contributed by atoms with Crippen LogP contribution in [-0.2, 0) is 9.59 Å². The summed E-state index contributed by atoms with van der Waals surface area (Å²) in [6, 6.07) is 0. The van der Waals surface area contributed by atoms with Gasteiger partial charge in [-0.05, 0) is 12.8 Å². The van der Waals surface area contributed by atoms with Crippen LogP contribution in [0.1, 0.15) is 19.3 Å². The number of hydrogen-bond acceptors (Lipinski definition) is 3. The minimum atomic E-state index is -0.374. The first kappa shape index (κ1) is 10.4. The Morgan fingerprint density at radius 3 is 2.73 bits per heavy atom. The molecular formula is C10H16N2O3. The van der Waals surface area contributed by atoms with Crippen LogP contribution in [-0.4, -0.2) is 47.6 Å². The van der Waals surface area contributed by atoms with Gasteiger partial charge in [0.1, 0.15) is 0 Å². The molecule has 84 valence electrons. The van der Waals surface area contributed by atoms with Gasteiger partial charge in [0, 0.05) is 20.0 Å². The second-order valence-electron chi connectivity index (χ2n) is 4.60. The molecule has 1 saturated heterocycles. The zero-order chi connectivity index (χ0) is 11.1. The van der Waals surface area contributed by atoms with E-state index in [0.29, 0.717) is 13.0 Å². The van der Waals surface area contributed by atoms with Gasteiger partial charge in [-0.15, -0.1) is 0 Å². The number of aliphatic hydroxyl groups excluding tert-OH is 1. The first-order valence-electron chi connectivity index (χ1n) is 5.23. The first-order chi connectivity index (χ1) is 7.06. The van der Waals surface area contributed by atoms with Crippen LogP contribution in [0.4, 0.5) is 0 Å². The number of carbonyl (C=O) groups excluding carboxylic acids is 2. The molecule has 5 heteroatoms. The molecule has 0 spiro atoms. The fourth-order valence-electron chi connectivity index (χ4n) is 1.88. The van der Waals surface area contributed by atoms with Crippen molar-refractivity contribution in [3.63, 3.8) is 0 Å². The topological polar surface area (TPSA) is 69.6 Å². The van der Waals surface area contributed by atoms with E-state index in [4.69, 9.17) is 5.11 Å². The molecular weight excluding hydrogens is 196 g/mol. The van der Waals surface area contributed by atoms with Crippen molar-refractivity contribution >= 4 is 11.8 Å². The van der Waals surface area contributed by atoms with Crippen LogP contribution < -0.4 is 5.32 Å². The Balaban J connectivity index is 1.90. The fraction of sp³-hybridized carbons (Fsp3) is 0.800. The van der Waals surface area contributed by atoms with E-state index in [9.17, 15) is 9.59 Å². The molecule has 1 atom stereocenters. The maximum atomic E-state index is 11.7. The summed E-state index contributed by atoms with van der Waals surface area (Å²) in [5, 5.41) is 11.9. The maximum absolute atomic E-state index is 11.7. The SMILES string of the molecule is CN1CC(C(=O)NC2(CO)CC2)CC1=O. The molecule has 0 aromatic carbocycles. The average molecular weight is 212 g/mol. The highest BCUT2D eigenvalue weighted by atomic mass is 16.3. The Hall–Kier alpha value is -1.10.